The molecule has 82 valence electrons. The number of nitrogens with zero attached hydrogens (tertiary/aromatic N) is 1. The molecule has 0 spiro atoms. The molecule has 1 rings (SSSR count). The standard InChI is InChI=1S/C11H15FN2O/c1-14(2)10(11(13)15)7-8-3-5-9(12)6-4-8/h3-6,10H,7H2,1-2H3,(H2,13,15)/t10-/m0/s1. The zero-order valence-electron chi connectivity index (χ0n) is 8.90. The lowest BCUT2D eigenvalue weighted by Gasteiger charge is -2.20. The number of carbonyl (C=O) groups excluding carboxylic acids is 1. The van der Waals surface area contributed by atoms with Crippen molar-refractivity contribution < 1.29 is 9.18 Å². The molecule has 0 fully saturated rings. The van der Waals surface area contributed by atoms with Crippen molar-refractivity contribution in [2.24, 2.45) is 5.73 Å². The molecule has 0 aliphatic rings. The number of hydrogen-bond donors (Lipinski definition) is 1. The Morgan fingerprint density at radius 2 is 1.93 bits per heavy atom. The molecule has 0 aliphatic carbocycles. The molecule has 0 saturated heterocycles. The third kappa shape index (κ3) is 3.32. The van der Waals surface area contributed by atoms with Crippen molar-refractivity contribution in [1.29, 1.82) is 0 Å². The van der Waals surface area contributed by atoms with Gasteiger partial charge in [0.15, 0.2) is 0 Å². The number of likely N-dealkylation sites (N-methyl/N-ethyl adjacent to an activating group) is 1. The number of primary amides is 1. The Labute approximate surface area is 88.7 Å². The number of hydrogen-bond acceptors (Lipinski definition) is 2. The van der Waals surface area contributed by atoms with Gasteiger partial charge in [-0.15, -0.1) is 0 Å². The molecule has 0 bridgehead atoms. The van der Waals surface area contributed by atoms with Crippen LogP contribution in [0.3, 0.4) is 0 Å². The predicted molar refractivity (Wildman–Crippen MR) is 56.8 cm³/mol. The molecule has 0 unspecified atom stereocenters. The smallest absolute Gasteiger partial charge is 0.235 e. The first-order valence-electron chi connectivity index (χ1n) is 4.71. The van der Waals surface area contributed by atoms with E-state index in [0.29, 0.717) is 6.42 Å². The van der Waals surface area contributed by atoms with E-state index in [0.717, 1.165) is 5.56 Å². The Morgan fingerprint density at radius 1 is 1.40 bits per heavy atom. The normalized spacial score (nSPS) is 12.8. The highest BCUT2D eigenvalue weighted by Gasteiger charge is 2.17. The van der Waals surface area contributed by atoms with E-state index in [4.69, 9.17) is 5.73 Å². The van der Waals surface area contributed by atoms with E-state index in [1.807, 2.05) is 0 Å². The second kappa shape index (κ2) is 4.89. The molecule has 0 radical (unpaired) electrons. The maximum absolute atomic E-state index is 12.6. The topological polar surface area (TPSA) is 46.3 Å². The zero-order chi connectivity index (χ0) is 11.4. The second-order valence-corrected chi connectivity index (χ2v) is 3.71. The number of nitrogens with two attached hydrogens (primary N) is 1. The quantitative estimate of drug-likeness (QED) is 0.798. The Morgan fingerprint density at radius 3 is 2.33 bits per heavy atom. The average Bonchev–Trinajstić information content (AvgIpc) is 2.15. The lowest BCUT2D eigenvalue weighted by Crippen LogP contribution is -2.41. The van der Waals surface area contributed by atoms with E-state index < -0.39 is 0 Å². The van der Waals surface area contributed by atoms with Gasteiger partial charge in [0.05, 0.1) is 6.04 Å². The summed E-state index contributed by atoms with van der Waals surface area (Å²) < 4.78 is 12.6. The molecule has 2 N–H and O–H groups in total. The number of amides is 1. The van der Waals surface area contributed by atoms with Crippen LogP contribution in [-0.4, -0.2) is 30.9 Å². The summed E-state index contributed by atoms with van der Waals surface area (Å²) in [6.07, 6.45) is 0.503. The lowest BCUT2D eigenvalue weighted by molar-refractivity contribution is -0.122. The molecule has 1 amide bonds. The average molecular weight is 210 g/mol. The molecule has 15 heavy (non-hydrogen) atoms. The molecular formula is C11H15FN2O. The monoisotopic (exact) mass is 210 g/mol. The van der Waals surface area contributed by atoms with Crippen molar-refractivity contribution in [3.05, 3.63) is 35.6 Å². The first-order chi connectivity index (χ1) is 7.00. The first-order valence-corrected chi connectivity index (χ1v) is 4.71. The van der Waals surface area contributed by atoms with Gasteiger partial charge >= 0.3 is 0 Å². The molecule has 1 atom stereocenters. The predicted octanol–water partition coefficient (Wildman–Crippen LogP) is 0.784. The largest absolute Gasteiger partial charge is 0.368 e. The van der Waals surface area contributed by atoms with Crippen molar-refractivity contribution >= 4 is 5.91 Å². The van der Waals surface area contributed by atoms with Gasteiger partial charge in [-0.1, -0.05) is 12.1 Å². The molecule has 0 heterocycles. The zero-order valence-corrected chi connectivity index (χ0v) is 8.90. The van der Waals surface area contributed by atoms with Crippen LogP contribution in [0.5, 0.6) is 0 Å². The summed E-state index contributed by atoms with van der Waals surface area (Å²) in [5, 5.41) is 0. The highest BCUT2D eigenvalue weighted by molar-refractivity contribution is 5.80. The van der Waals surface area contributed by atoms with Crippen LogP contribution in [-0.2, 0) is 11.2 Å². The summed E-state index contributed by atoms with van der Waals surface area (Å²) in [4.78, 5) is 12.9. The van der Waals surface area contributed by atoms with Crippen LogP contribution in [0.25, 0.3) is 0 Å². The van der Waals surface area contributed by atoms with Crippen LogP contribution in [0.2, 0.25) is 0 Å². The second-order valence-electron chi connectivity index (χ2n) is 3.71. The van der Waals surface area contributed by atoms with Gasteiger partial charge in [-0.05, 0) is 38.2 Å². The fourth-order valence-corrected chi connectivity index (χ4v) is 1.38. The summed E-state index contributed by atoms with van der Waals surface area (Å²) in [6.45, 7) is 0. The van der Waals surface area contributed by atoms with Crippen LogP contribution < -0.4 is 5.73 Å². The van der Waals surface area contributed by atoms with E-state index in [9.17, 15) is 9.18 Å². The maximum atomic E-state index is 12.6. The fraction of sp³-hybridized carbons (Fsp3) is 0.364. The Balaban J connectivity index is 2.74. The van der Waals surface area contributed by atoms with Gasteiger partial charge in [-0.25, -0.2) is 4.39 Å². The molecule has 0 saturated carbocycles. The van der Waals surface area contributed by atoms with Crippen LogP contribution >= 0.6 is 0 Å². The summed E-state index contributed by atoms with van der Waals surface area (Å²) in [7, 11) is 3.58. The van der Waals surface area contributed by atoms with Crippen molar-refractivity contribution in [2.45, 2.75) is 12.5 Å². The third-order valence-electron chi connectivity index (χ3n) is 2.29. The summed E-state index contributed by atoms with van der Waals surface area (Å²) in [5.41, 5.74) is 6.16. The summed E-state index contributed by atoms with van der Waals surface area (Å²) in [5.74, 6) is -0.649. The van der Waals surface area contributed by atoms with Crippen LogP contribution in [0.4, 0.5) is 4.39 Å². The summed E-state index contributed by atoms with van der Waals surface area (Å²) in [6, 6.07) is 5.73. The van der Waals surface area contributed by atoms with Crippen LogP contribution in [0.1, 0.15) is 5.56 Å². The van der Waals surface area contributed by atoms with Crippen molar-refractivity contribution in [2.75, 3.05) is 14.1 Å². The fourth-order valence-electron chi connectivity index (χ4n) is 1.38. The molecule has 1 aromatic carbocycles. The van der Waals surface area contributed by atoms with Crippen LogP contribution in [0, 0.1) is 5.82 Å². The van der Waals surface area contributed by atoms with Gasteiger partial charge in [0.25, 0.3) is 0 Å². The summed E-state index contributed by atoms with van der Waals surface area (Å²) >= 11 is 0. The van der Waals surface area contributed by atoms with E-state index in [2.05, 4.69) is 0 Å². The van der Waals surface area contributed by atoms with Gasteiger partial charge in [0, 0.05) is 0 Å². The van der Waals surface area contributed by atoms with Crippen molar-refractivity contribution in [3.63, 3.8) is 0 Å². The lowest BCUT2D eigenvalue weighted by atomic mass is 10.0. The minimum absolute atomic E-state index is 0.278. The van der Waals surface area contributed by atoms with E-state index in [-0.39, 0.29) is 17.8 Å². The number of rotatable bonds is 4. The van der Waals surface area contributed by atoms with Gasteiger partial charge in [-0.3, -0.25) is 9.69 Å². The highest BCUT2D eigenvalue weighted by Crippen LogP contribution is 2.08. The SMILES string of the molecule is CN(C)[C@@H](Cc1ccc(F)cc1)C(N)=O. The molecule has 0 aromatic heterocycles. The third-order valence-corrected chi connectivity index (χ3v) is 2.29. The Bertz CT molecular complexity index is 335. The minimum atomic E-state index is -0.371. The molecule has 0 aliphatic heterocycles. The van der Waals surface area contributed by atoms with Gasteiger partial charge in [0.1, 0.15) is 5.82 Å². The van der Waals surface area contributed by atoms with Gasteiger partial charge < -0.3 is 5.73 Å². The Hall–Kier alpha value is -1.42. The van der Waals surface area contributed by atoms with Crippen molar-refractivity contribution in [1.82, 2.24) is 4.90 Å². The van der Waals surface area contributed by atoms with Crippen molar-refractivity contribution in [3.8, 4) is 0 Å². The number of halogens is 1. The Kier molecular flexibility index (Phi) is 3.80. The first kappa shape index (κ1) is 11.7. The van der Waals surface area contributed by atoms with E-state index in [1.54, 1.807) is 31.1 Å². The van der Waals surface area contributed by atoms with Crippen LogP contribution in [0.15, 0.2) is 24.3 Å². The maximum Gasteiger partial charge on any atom is 0.235 e. The molecular weight excluding hydrogens is 195 g/mol. The van der Waals surface area contributed by atoms with E-state index >= 15 is 0 Å². The minimum Gasteiger partial charge on any atom is -0.368 e. The molecule has 4 heteroatoms. The number of benzene rings is 1. The number of carbonyl (C=O) groups is 1. The highest BCUT2D eigenvalue weighted by atomic mass is 19.1. The molecule has 3 nitrogen and oxygen atoms in total. The van der Waals surface area contributed by atoms with Gasteiger partial charge in [-0.2, -0.15) is 0 Å². The van der Waals surface area contributed by atoms with Gasteiger partial charge in [0.2, 0.25) is 5.91 Å². The molecule has 1 aromatic rings. The van der Waals surface area contributed by atoms with E-state index in [1.165, 1.54) is 12.1 Å².